The SMILES string of the molecule is CC1CCC(Oc2cc(C#N)c3ccccc3n2)CC1. The highest BCUT2D eigenvalue weighted by Gasteiger charge is 2.20. The third kappa shape index (κ3) is 2.60. The van der Waals surface area contributed by atoms with E-state index in [0.29, 0.717) is 11.4 Å². The molecule has 1 aliphatic carbocycles. The van der Waals surface area contributed by atoms with Gasteiger partial charge in [-0.2, -0.15) is 5.26 Å². The van der Waals surface area contributed by atoms with E-state index in [2.05, 4.69) is 18.0 Å². The van der Waals surface area contributed by atoms with Crippen molar-refractivity contribution in [1.82, 2.24) is 4.98 Å². The molecule has 1 aliphatic rings. The first-order valence-corrected chi connectivity index (χ1v) is 7.23. The van der Waals surface area contributed by atoms with Crippen molar-refractivity contribution in [2.45, 2.75) is 38.7 Å². The Labute approximate surface area is 119 Å². The van der Waals surface area contributed by atoms with Crippen molar-refractivity contribution in [3.05, 3.63) is 35.9 Å². The van der Waals surface area contributed by atoms with E-state index in [9.17, 15) is 5.26 Å². The molecule has 0 unspecified atom stereocenters. The van der Waals surface area contributed by atoms with Crippen molar-refractivity contribution in [2.24, 2.45) is 5.92 Å². The van der Waals surface area contributed by atoms with Gasteiger partial charge in [0.15, 0.2) is 0 Å². The molecule has 3 heteroatoms. The molecule has 0 bridgehead atoms. The van der Waals surface area contributed by atoms with Crippen LogP contribution in [0.3, 0.4) is 0 Å². The second-order valence-electron chi connectivity index (χ2n) is 5.64. The van der Waals surface area contributed by atoms with Crippen molar-refractivity contribution < 1.29 is 4.74 Å². The molecular formula is C17H18N2O. The van der Waals surface area contributed by atoms with Crippen LogP contribution in [-0.4, -0.2) is 11.1 Å². The van der Waals surface area contributed by atoms with Crippen LogP contribution < -0.4 is 4.74 Å². The average Bonchev–Trinajstić information content (AvgIpc) is 2.49. The Bertz CT molecular complexity index is 652. The minimum absolute atomic E-state index is 0.242. The smallest absolute Gasteiger partial charge is 0.215 e. The number of rotatable bonds is 2. The molecule has 0 radical (unpaired) electrons. The minimum Gasteiger partial charge on any atom is -0.474 e. The maximum atomic E-state index is 9.27. The summed E-state index contributed by atoms with van der Waals surface area (Å²) in [7, 11) is 0. The molecule has 0 N–H and O–H groups in total. The third-order valence-corrected chi connectivity index (χ3v) is 4.06. The minimum atomic E-state index is 0.242. The van der Waals surface area contributed by atoms with E-state index >= 15 is 0 Å². The normalized spacial score (nSPS) is 22.4. The van der Waals surface area contributed by atoms with Crippen molar-refractivity contribution in [1.29, 1.82) is 5.26 Å². The summed E-state index contributed by atoms with van der Waals surface area (Å²) in [6.45, 7) is 2.29. The summed E-state index contributed by atoms with van der Waals surface area (Å²) >= 11 is 0. The van der Waals surface area contributed by atoms with Gasteiger partial charge in [0.25, 0.3) is 0 Å². The second kappa shape index (κ2) is 5.50. The van der Waals surface area contributed by atoms with Gasteiger partial charge in [0.05, 0.1) is 11.1 Å². The lowest BCUT2D eigenvalue weighted by molar-refractivity contribution is 0.130. The Hall–Kier alpha value is -2.08. The van der Waals surface area contributed by atoms with Gasteiger partial charge in [-0.15, -0.1) is 0 Å². The van der Waals surface area contributed by atoms with Gasteiger partial charge >= 0.3 is 0 Å². The van der Waals surface area contributed by atoms with E-state index in [-0.39, 0.29) is 6.10 Å². The Morgan fingerprint density at radius 3 is 2.70 bits per heavy atom. The second-order valence-corrected chi connectivity index (χ2v) is 5.64. The molecule has 0 atom stereocenters. The molecule has 3 nitrogen and oxygen atoms in total. The summed E-state index contributed by atoms with van der Waals surface area (Å²) in [4.78, 5) is 4.52. The summed E-state index contributed by atoms with van der Waals surface area (Å²) < 4.78 is 5.99. The highest BCUT2D eigenvalue weighted by atomic mass is 16.5. The number of nitrogens with zero attached hydrogens (tertiary/aromatic N) is 2. The lowest BCUT2D eigenvalue weighted by atomic mass is 9.89. The Morgan fingerprint density at radius 1 is 1.20 bits per heavy atom. The fourth-order valence-corrected chi connectivity index (χ4v) is 2.82. The van der Waals surface area contributed by atoms with Crippen LogP contribution in [0.25, 0.3) is 10.9 Å². The number of para-hydroxylation sites is 1. The molecular weight excluding hydrogens is 248 g/mol. The van der Waals surface area contributed by atoms with E-state index in [1.54, 1.807) is 6.07 Å². The monoisotopic (exact) mass is 266 g/mol. The number of pyridine rings is 1. The van der Waals surface area contributed by atoms with Crippen LogP contribution in [0.5, 0.6) is 5.88 Å². The number of hydrogen-bond donors (Lipinski definition) is 0. The number of fused-ring (bicyclic) bond motifs is 1. The fraction of sp³-hybridized carbons (Fsp3) is 0.412. The lowest BCUT2D eigenvalue weighted by Crippen LogP contribution is -2.23. The van der Waals surface area contributed by atoms with Crippen LogP contribution in [0.1, 0.15) is 38.2 Å². The molecule has 1 heterocycles. The maximum absolute atomic E-state index is 9.27. The van der Waals surface area contributed by atoms with E-state index in [1.807, 2.05) is 24.3 Å². The van der Waals surface area contributed by atoms with Gasteiger partial charge in [0.1, 0.15) is 12.2 Å². The first kappa shape index (κ1) is 12.9. The number of aromatic nitrogens is 1. The van der Waals surface area contributed by atoms with Gasteiger partial charge in [0.2, 0.25) is 5.88 Å². The van der Waals surface area contributed by atoms with Gasteiger partial charge < -0.3 is 4.74 Å². The van der Waals surface area contributed by atoms with Crippen molar-refractivity contribution in [3.63, 3.8) is 0 Å². The molecule has 0 aliphatic heterocycles. The maximum Gasteiger partial charge on any atom is 0.215 e. The zero-order valence-electron chi connectivity index (χ0n) is 11.7. The zero-order chi connectivity index (χ0) is 13.9. The van der Waals surface area contributed by atoms with Crippen LogP contribution in [-0.2, 0) is 0 Å². The first-order chi connectivity index (χ1) is 9.76. The molecule has 0 spiro atoms. The number of ether oxygens (including phenoxy) is 1. The van der Waals surface area contributed by atoms with Gasteiger partial charge in [-0.3, -0.25) is 0 Å². The standard InChI is InChI=1S/C17H18N2O/c1-12-6-8-14(9-7-12)20-17-10-13(11-18)15-4-2-3-5-16(15)19-17/h2-5,10,12,14H,6-9H2,1H3. The van der Waals surface area contributed by atoms with E-state index in [4.69, 9.17) is 4.74 Å². The quantitative estimate of drug-likeness (QED) is 0.823. The number of benzene rings is 1. The molecule has 2 aromatic rings. The summed E-state index contributed by atoms with van der Waals surface area (Å²) in [5.74, 6) is 1.38. The van der Waals surface area contributed by atoms with E-state index in [0.717, 1.165) is 29.7 Å². The molecule has 0 saturated heterocycles. The fourth-order valence-electron chi connectivity index (χ4n) is 2.82. The molecule has 20 heavy (non-hydrogen) atoms. The largest absolute Gasteiger partial charge is 0.474 e. The summed E-state index contributed by atoms with van der Waals surface area (Å²) in [5.41, 5.74) is 1.46. The number of nitriles is 1. The molecule has 0 amide bonds. The predicted octanol–water partition coefficient (Wildman–Crippen LogP) is 4.06. The van der Waals surface area contributed by atoms with Crippen LogP contribution >= 0.6 is 0 Å². The van der Waals surface area contributed by atoms with Crippen molar-refractivity contribution in [2.75, 3.05) is 0 Å². The number of hydrogen-bond acceptors (Lipinski definition) is 3. The molecule has 102 valence electrons. The van der Waals surface area contributed by atoms with Gasteiger partial charge in [-0.05, 0) is 37.7 Å². The summed E-state index contributed by atoms with van der Waals surface area (Å²) in [5, 5.41) is 10.2. The first-order valence-electron chi connectivity index (χ1n) is 7.23. The van der Waals surface area contributed by atoms with E-state index in [1.165, 1.54) is 12.8 Å². The molecule has 3 rings (SSSR count). The molecule has 1 aromatic carbocycles. The average molecular weight is 266 g/mol. The van der Waals surface area contributed by atoms with Crippen molar-refractivity contribution in [3.8, 4) is 11.9 Å². The highest BCUT2D eigenvalue weighted by molar-refractivity contribution is 5.85. The molecule has 1 saturated carbocycles. The Balaban J connectivity index is 1.87. The van der Waals surface area contributed by atoms with Gasteiger partial charge in [-0.25, -0.2) is 4.98 Å². The van der Waals surface area contributed by atoms with Crippen molar-refractivity contribution >= 4 is 10.9 Å². The predicted molar refractivity (Wildman–Crippen MR) is 78.5 cm³/mol. The van der Waals surface area contributed by atoms with Crippen LogP contribution in [0, 0.1) is 17.2 Å². The van der Waals surface area contributed by atoms with Crippen LogP contribution in [0.15, 0.2) is 30.3 Å². The summed E-state index contributed by atoms with van der Waals surface area (Å²) in [6, 6.07) is 11.7. The van der Waals surface area contributed by atoms with Crippen LogP contribution in [0.2, 0.25) is 0 Å². The topological polar surface area (TPSA) is 45.9 Å². The van der Waals surface area contributed by atoms with E-state index < -0.39 is 0 Å². The Kier molecular flexibility index (Phi) is 3.56. The Morgan fingerprint density at radius 2 is 1.95 bits per heavy atom. The molecule has 1 aromatic heterocycles. The molecule has 1 fully saturated rings. The zero-order valence-corrected chi connectivity index (χ0v) is 11.7. The third-order valence-electron chi connectivity index (χ3n) is 4.06. The van der Waals surface area contributed by atoms with Gasteiger partial charge in [0, 0.05) is 11.5 Å². The lowest BCUT2D eigenvalue weighted by Gasteiger charge is -2.26. The highest BCUT2D eigenvalue weighted by Crippen LogP contribution is 2.28. The van der Waals surface area contributed by atoms with Gasteiger partial charge in [-0.1, -0.05) is 25.1 Å². The summed E-state index contributed by atoms with van der Waals surface area (Å²) in [6.07, 6.45) is 4.83. The van der Waals surface area contributed by atoms with Crippen LogP contribution in [0.4, 0.5) is 0 Å².